The van der Waals surface area contributed by atoms with Crippen molar-refractivity contribution in [1.82, 2.24) is 0 Å². The monoisotopic (exact) mass is 322 g/mol. The van der Waals surface area contributed by atoms with Gasteiger partial charge in [-0.1, -0.05) is 36.4 Å². The maximum atomic E-state index is 12.7. The normalized spacial score (nSPS) is 22.5. The van der Waals surface area contributed by atoms with E-state index < -0.39 is 23.6 Å². The summed E-state index contributed by atoms with van der Waals surface area (Å²) in [6.07, 6.45) is 6.73. The van der Waals surface area contributed by atoms with Crippen LogP contribution in [0.1, 0.15) is 27.6 Å². The van der Waals surface area contributed by atoms with Crippen molar-refractivity contribution in [1.29, 1.82) is 0 Å². The molecule has 0 radical (unpaired) electrons. The minimum Gasteiger partial charge on any atom is -0.478 e. The molecule has 0 spiro atoms. The van der Waals surface area contributed by atoms with Crippen molar-refractivity contribution in [2.24, 2.45) is 11.8 Å². The van der Waals surface area contributed by atoms with E-state index >= 15 is 0 Å². The van der Waals surface area contributed by atoms with Crippen LogP contribution in [0.2, 0.25) is 0 Å². The number of rotatable bonds is 3. The van der Waals surface area contributed by atoms with Gasteiger partial charge in [-0.05, 0) is 19.1 Å². The van der Waals surface area contributed by atoms with Crippen LogP contribution < -0.4 is 0 Å². The van der Waals surface area contributed by atoms with E-state index in [0.29, 0.717) is 0 Å². The van der Waals surface area contributed by atoms with Gasteiger partial charge < -0.3 is 5.11 Å². The predicted octanol–water partition coefficient (Wildman–Crippen LogP) is 2.39. The Balaban J connectivity index is 2.02. The van der Waals surface area contributed by atoms with Crippen molar-refractivity contribution in [3.05, 3.63) is 70.8 Å². The molecule has 0 aliphatic heterocycles. The number of fused-ring (bicyclic) bond motifs is 1. The highest BCUT2D eigenvalue weighted by Crippen LogP contribution is 2.34. The lowest BCUT2D eigenvalue weighted by Crippen LogP contribution is -2.38. The largest absolute Gasteiger partial charge is 0.478 e. The van der Waals surface area contributed by atoms with E-state index in [9.17, 15) is 19.2 Å². The van der Waals surface area contributed by atoms with Crippen LogP contribution in [0.5, 0.6) is 0 Å². The Morgan fingerprint density at radius 3 is 1.92 bits per heavy atom. The Kier molecular flexibility index (Phi) is 3.85. The molecular formula is C19H14O5. The molecule has 2 unspecified atom stereocenters. The summed E-state index contributed by atoms with van der Waals surface area (Å²) < 4.78 is 0. The summed E-state index contributed by atoms with van der Waals surface area (Å²) >= 11 is 0. The van der Waals surface area contributed by atoms with Gasteiger partial charge in [0.1, 0.15) is 0 Å². The summed E-state index contributed by atoms with van der Waals surface area (Å²) in [4.78, 5) is 48.7. The van der Waals surface area contributed by atoms with Gasteiger partial charge in [-0.2, -0.15) is 0 Å². The Bertz CT molecular complexity index is 852. The third-order valence-electron chi connectivity index (χ3n) is 4.35. The lowest BCUT2D eigenvalue weighted by atomic mass is 9.71. The van der Waals surface area contributed by atoms with Crippen LogP contribution in [0.15, 0.2) is 59.7 Å². The third-order valence-corrected chi connectivity index (χ3v) is 4.35. The van der Waals surface area contributed by atoms with Crippen molar-refractivity contribution in [2.75, 3.05) is 0 Å². The molecule has 3 rings (SSSR count). The number of ketones is 3. The lowest BCUT2D eigenvalue weighted by Gasteiger charge is -2.28. The first-order valence-corrected chi connectivity index (χ1v) is 7.44. The fraction of sp³-hybridized carbons (Fsp3) is 0.158. The number of aromatic carboxylic acids is 1. The van der Waals surface area contributed by atoms with Gasteiger partial charge in [0.05, 0.1) is 23.0 Å². The number of Topliss-reactive ketones (excluding diaryl/α,β-unsaturated/α-hetero) is 3. The second-order valence-electron chi connectivity index (χ2n) is 5.76. The van der Waals surface area contributed by atoms with Crippen LogP contribution >= 0.6 is 0 Å². The molecule has 0 bridgehead atoms. The number of carboxylic acids is 1. The van der Waals surface area contributed by atoms with Crippen LogP contribution in [-0.2, 0) is 9.59 Å². The fourth-order valence-corrected chi connectivity index (χ4v) is 3.02. The Labute approximate surface area is 138 Å². The maximum absolute atomic E-state index is 12.7. The van der Waals surface area contributed by atoms with Gasteiger partial charge in [0, 0.05) is 11.1 Å². The van der Waals surface area contributed by atoms with Crippen molar-refractivity contribution in [3.63, 3.8) is 0 Å². The molecular weight excluding hydrogens is 308 g/mol. The lowest BCUT2D eigenvalue weighted by molar-refractivity contribution is -0.127. The smallest absolute Gasteiger partial charge is 0.335 e. The van der Waals surface area contributed by atoms with Crippen molar-refractivity contribution < 1.29 is 24.3 Å². The minimum absolute atomic E-state index is 0.0451. The van der Waals surface area contributed by atoms with Crippen molar-refractivity contribution >= 4 is 23.3 Å². The van der Waals surface area contributed by atoms with Gasteiger partial charge in [-0.15, -0.1) is 0 Å². The molecule has 0 heterocycles. The molecule has 5 nitrogen and oxygen atoms in total. The molecule has 0 saturated carbocycles. The highest BCUT2D eigenvalue weighted by molar-refractivity contribution is 6.33. The van der Waals surface area contributed by atoms with Gasteiger partial charge >= 0.3 is 5.97 Å². The molecule has 5 heteroatoms. The highest BCUT2D eigenvalue weighted by Gasteiger charge is 2.42. The zero-order chi connectivity index (χ0) is 17.4. The number of benzene rings is 1. The zero-order valence-corrected chi connectivity index (χ0v) is 12.9. The SMILES string of the molecule is CC1=C(C(=O)c2ccc(C(=O)O)cc2)C(=O)C2C=CC=CC2C1=O. The van der Waals surface area contributed by atoms with Crippen LogP contribution in [0.4, 0.5) is 0 Å². The second kappa shape index (κ2) is 5.85. The summed E-state index contributed by atoms with van der Waals surface area (Å²) in [6.45, 7) is 1.49. The van der Waals surface area contributed by atoms with Gasteiger partial charge in [0.25, 0.3) is 0 Å². The number of allylic oxidation sites excluding steroid dienone is 6. The first kappa shape index (κ1) is 15.8. The van der Waals surface area contributed by atoms with E-state index in [1.165, 1.54) is 31.2 Å². The standard InChI is InChI=1S/C19H14O5/c1-10-15(17(21)11-6-8-12(9-7-11)19(23)24)18(22)14-5-3-2-4-13(14)16(10)20/h2-9,13-14H,1H3,(H,23,24). The summed E-state index contributed by atoms with van der Waals surface area (Å²) in [5.41, 5.74) is 0.283. The first-order chi connectivity index (χ1) is 11.4. The van der Waals surface area contributed by atoms with Crippen LogP contribution in [0.3, 0.4) is 0 Å². The molecule has 1 N–H and O–H groups in total. The fourth-order valence-electron chi connectivity index (χ4n) is 3.02. The van der Waals surface area contributed by atoms with Crippen LogP contribution in [-0.4, -0.2) is 28.4 Å². The van der Waals surface area contributed by atoms with E-state index in [2.05, 4.69) is 0 Å². The van der Waals surface area contributed by atoms with Gasteiger partial charge in [0.2, 0.25) is 0 Å². The molecule has 120 valence electrons. The van der Waals surface area contributed by atoms with E-state index in [-0.39, 0.29) is 33.8 Å². The molecule has 24 heavy (non-hydrogen) atoms. The molecule has 1 aromatic rings. The summed E-state index contributed by atoms with van der Waals surface area (Å²) in [5, 5.41) is 8.90. The first-order valence-electron chi connectivity index (χ1n) is 7.44. The Hall–Kier alpha value is -3.08. The quantitative estimate of drug-likeness (QED) is 0.682. The second-order valence-corrected chi connectivity index (χ2v) is 5.76. The topological polar surface area (TPSA) is 88.5 Å². The Morgan fingerprint density at radius 1 is 0.875 bits per heavy atom. The predicted molar refractivity (Wildman–Crippen MR) is 85.7 cm³/mol. The van der Waals surface area contributed by atoms with Gasteiger partial charge in [-0.25, -0.2) is 4.79 Å². The molecule has 2 aliphatic carbocycles. The summed E-state index contributed by atoms with van der Waals surface area (Å²) in [6, 6.07) is 5.30. The third kappa shape index (κ3) is 2.44. The number of carbonyl (C=O) groups excluding carboxylic acids is 3. The van der Waals surface area contributed by atoms with Crippen LogP contribution in [0.25, 0.3) is 0 Å². The van der Waals surface area contributed by atoms with Gasteiger partial charge in [-0.3, -0.25) is 14.4 Å². The van der Waals surface area contributed by atoms with E-state index in [1.54, 1.807) is 24.3 Å². The molecule has 0 aromatic heterocycles. The average molecular weight is 322 g/mol. The van der Waals surface area contributed by atoms with E-state index in [1.807, 2.05) is 0 Å². The number of carboxylic acid groups (broad SMARTS) is 1. The molecule has 0 amide bonds. The molecule has 1 aromatic carbocycles. The number of hydrogen-bond acceptors (Lipinski definition) is 4. The molecule has 0 fully saturated rings. The summed E-state index contributed by atoms with van der Waals surface area (Å²) in [5.74, 6) is -3.45. The average Bonchev–Trinajstić information content (AvgIpc) is 2.60. The van der Waals surface area contributed by atoms with E-state index in [4.69, 9.17) is 5.11 Å². The van der Waals surface area contributed by atoms with Crippen LogP contribution in [0, 0.1) is 11.8 Å². The molecule has 2 aliphatic rings. The maximum Gasteiger partial charge on any atom is 0.335 e. The van der Waals surface area contributed by atoms with Gasteiger partial charge in [0.15, 0.2) is 17.3 Å². The van der Waals surface area contributed by atoms with E-state index in [0.717, 1.165) is 0 Å². The number of hydrogen-bond donors (Lipinski definition) is 1. The molecule has 2 atom stereocenters. The molecule has 0 saturated heterocycles. The highest BCUT2D eigenvalue weighted by atomic mass is 16.4. The van der Waals surface area contributed by atoms with Crippen molar-refractivity contribution in [3.8, 4) is 0 Å². The summed E-state index contributed by atoms with van der Waals surface area (Å²) in [7, 11) is 0. The zero-order valence-electron chi connectivity index (χ0n) is 12.9. The van der Waals surface area contributed by atoms with Crippen molar-refractivity contribution in [2.45, 2.75) is 6.92 Å². The minimum atomic E-state index is -1.10. The number of carbonyl (C=O) groups is 4. The Morgan fingerprint density at radius 2 is 1.38 bits per heavy atom.